The first kappa shape index (κ1) is 19.5. The molecule has 0 bridgehead atoms. The number of thiazole rings is 1. The van der Waals surface area contributed by atoms with E-state index >= 15 is 0 Å². The first-order valence-corrected chi connectivity index (χ1v) is 10.8. The predicted molar refractivity (Wildman–Crippen MR) is 123 cm³/mol. The van der Waals surface area contributed by atoms with Gasteiger partial charge in [0.05, 0.1) is 18.3 Å². The summed E-state index contributed by atoms with van der Waals surface area (Å²) in [6.45, 7) is 2.47. The van der Waals surface area contributed by atoms with Gasteiger partial charge in [-0.05, 0) is 36.2 Å². The number of carbonyl (C=O) groups is 1. The second-order valence-corrected chi connectivity index (χ2v) is 8.42. The average Bonchev–Trinajstić information content (AvgIpc) is 3.41. The molecule has 2 aromatic heterocycles. The number of hydroxylamine groups is 2. The first-order chi connectivity index (χ1) is 15.1. The average molecular weight is 432 g/mol. The summed E-state index contributed by atoms with van der Waals surface area (Å²) in [4.78, 5) is 28.4. The fraction of sp³-hybridized carbons (Fsp3) is 0.174. The Morgan fingerprint density at radius 2 is 2.00 bits per heavy atom. The minimum absolute atomic E-state index is 0.106. The summed E-state index contributed by atoms with van der Waals surface area (Å²) < 4.78 is 0. The highest BCUT2D eigenvalue weighted by molar-refractivity contribution is 7.21. The molecule has 2 amide bonds. The maximum absolute atomic E-state index is 13.0. The van der Waals surface area contributed by atoms with E-state index in [0.29, 0.717) is 11.7 Å². The molecule has 0 aliphatic carbocycles. The second-order valence-electron chi connectivity index (χ2n) is 7.41. The number of nitrogens with two attached hydrogens (primary N) is 1. The third-order valence-corrected chi connectivity index (χ3v) is 6.13. The quantitative estimate of drug-likeness (QED) is 0.467. The van der Waals surface area contributed by atoms with Crippen molar-refractivity contribution in [1.82, 2.24) is 15.0 Å². The summed E-state index contributed by atoms with van der Waals surface area (Å²) in [5.41, 5.74) is 11.0. The van der Waals surface area contributed by atoms with Gasteiger partial charge in [0.2, 0.25) is 0 Å². The van der Waals surface area contributed by atoms with Crippen LogP contribution in [0.4, 0.5) is 15.6 Å². The van der Waals surface area contributed by atoms with Gasteiger partial charge in [-0.25, -0.2) is 14.8 Å². The molecular weight excluding hydrogens is 410 g/mol. The Kier molecular flexibility index (Phi) is 5.01. The molecular formula is C23H21N5O2S. The lowest BCUT2D eigenvalue weighted by atomic mass is 10.0. The molecule has 1 aliphatic rings. The topological polar surface area (TPSA) is 93.4 Å². The van der Waals surface area contributed by atoms with Gasteiger partial charge in [0.1, 0.15) is 10.3 Å². The molecule has 7 nitrogen and oxygen atoms in total. The molecule has 1 fully saturated rings. The molecule has 31 heavy (non-hydrogen) atoms. The first-order valence-electron chi connectivity index (χ1n) is 10.0. The second kappa shape index (κ2) is 7.98. The van der Waals surface area contributed by atoms with Crippen molar-refractivity contribution >= 4 is 38.5 Å². The number of pyridine rings is 1. The molecule has 3 N–H and O–H groups in total. The van der Waals surface area contributed by atoms with Crippen molar-refractivity contribution < 1.29 is 9.63 Å². The highest BCUT2D eigenvalue weighted by Crippen LogP contribution is 2.32. The van der Waals surface area contributed by atoms with Crippen LogP contribution in [0, 0.1) is 6.92 Å². The molecule has 156 valence electrons. The van der Waals surface area contributed by atoms with E-state index in [2.05, 4.69) is 15.3 Å². The van der Waals surface area contributed by atoms with Crippen molar-refractivity contribution in [3.63, 3.8) is 0 Å². The lowest BCUT2D eigenvalue weighted by Crippen LogP contribution is -2.33. The number of rotatable bonds is 3. The van der Waals surface area contributed by atoms with Crippen LogP contribution in [0.15, 0.2) is 60.7 Å². The number of anilines is 2. The largest absolute Gasteiger partial charge is 0.375 e. The van der Waals surface area contributed by atoms with Gasteiger partial charge in [-0.1, -0.05) is 53.8 Å². The Hall–Kier alpha value is -3.49. The van der Waals surface area contributed by atoms with E-state index in [4.69, 9.17) is 10.6 Å². The predicted octanol–water partition coefficient (Wildman–Crippen LogP) is 5.16. The van der Waals surface area contributed by atoms with E-state index in [1.54, 1.807) is 0 Å². The smallest absolute Gasteiger partial charge is 0.346 e. The van der Waals surface area contributed by atoms with Crippen molar-refractivity contribution in [2.24, 2.45) is 0 Å². The summed E-state index contributed by atoms with van der Waals surface area (Å²) in [5.74, 6) is 0. The van der Waals surface area contributed by atoms with Gasteiger partial charge >= 0.3 is 6.03 Å². The lowest BCUT2D eigenvalue weighted by molar-refractivity contribution is -0.0829. The molecule has 0 saturated carbocycles. The van der Waals surface area contributed by atoms with Crippen LogP contribution in [-0.2, 0) is 4.84 Å². The molecule has 8 heteroatoms. The summed E-state index contributed by atoms with van der Waals surface area (Å²) in [6.07, 6.45) is 0.762. The van der Waals surface area contributed by atoms with Crippen LogP contribution in [-0.4, -0.2) is 27.7 Å². The highest BCUT2D eigenvalue weighted by atomic mass is 32.1. The highest BCUT2D eigenvalue weighted by Gasteiger charge is 2.32. The number of urea groups is 1. The van der Waals surface area contributed by atoms with Crippen LogP contribution in [0.25, 0.3) is 21.6 Å². The summed E-state index contributed by atoms with van der Waals surface area (Å²) in [6, 6.07) is 19.2. The van der Waals surface area contributed by atoms with Crippen molar-refractivity contribution in [2.45, 2.75) is 19.4 Å². The number of aryl methyl sites for hydroxylation is 1. The van der Waals surface area contributed by atoms with Gasteiger partial charge in [-0.2, -0.15) is 5.06 Å². The van der Waals surface area contributed by atoms with Crippen LogP contribution >= 0.6 is 11.3 Å². The van der Waals surface area contributed by atoms with Gasteiger partial charge in [-0.3, -0.25) is 4.84 Å². The minimum atomic E-state index is -0.287. The fourth-order valence-corrected chi connectivity index (χ4v) is 4.43. The van der Waals surface area contributed by atoms with E-state index in [1.165, 1.54) is 16.4 Å². The molecule has 0 radical (unpaired) electrons. The number of aromatic nitrogens is 2. The Morgan fingerprint density at radius 1 is 1.16 bits per heavy atom. The SMILES string of the molecule is Cc1ccc(-c2ccc3nc(N)sc3n2)cc1NC(=O)N1OCC[C@H]1c1ccccc1. The molecule has 3 heterocycles. The molecule has 0 spiro atoms. The number of nitrogen functional groups attached to an aromatic ring is 1. The zero-order chi connectivity index (χ0) is 21.4. The van der Waals surface area contributed by atoms with Gasteiger partial charge in [0, 0.05) is 17.7 Å². The zero-order valence-corrected chi connectivity index (χ0v) is 17.7. The van der Waals surface area contributed by atoms with E-state index in [0.717, 1.165) is 44.8 Å². The van der Waals surface area contributed by atoms with Crippen LogP contribution in [0.2, 0.25) is 0 Å². The molecule has 0 unspecified atom stereocenters. The summed E-state index contributed by atoms with van der Waals surface area (Å²) >= 11 is 1.36. The van der Waals surface area contributed by atoms with Crippen molar-refractivity contribution in [1.29, 1.82) is 0 Å². The van der Waals surface area contributed by atoms with E-state index in [1.807, 2.05) is 67.6 Å². The number of fused-ring (bicyclic) bond motifs is 1. The van der Waals surface area contributed by atoms with Crippen molar-refractivity contribution in [3.8, 4) is 11.3 Å². The number of benzene rings is 2. The van der Waals surface area contributed by atoms with Crippen LogP contribution in [0.5, 0.6) is 0 Å². The maximum Gasteiger partial charge on any atom is 0.346 e. The third-order valence-electron chi connectivity index (χ3n) is 5.34. The normalized spacial score (nSPS) is 16.0. The van der Waals surface area contributed by atoms with Crippen molar-refractivity contribution in [2.75, 3.05) is 17.7 Å². The van der Waals surface area contributed by atoms with E-state index < -0.39 is 0 Å². The number of nitrogens with zero attached hydrogens (tertiary/aromatic N) is 3. The van der Waals surface area contributed by atoms with Crippen LogP contribution in [0.1, 0.15) is 23.6 Å². The van der Waals surface area contributed by atoms with E-state index in [9.17, 15) is 4.79 Å². The van der Waals surface area contributed by atoms with Crippen molar-refractivity contribution in [3.05, 3.63) is 71.8 Å². The fourth-order valence-electron chi connectivity index (χ4n) is 3.73. The van der Waals surface area contributed by atoms with Crippen LogP contribution in [0.3, 0.4) is 0 Å². The number of amides is 2. The number of nitrogens with one attached hydrogen (secondary N) is 1. The maximum atomic E-state index is 13.0. The monoisotopic (exact) mass is 431 g/mol. The molecule has 1 aliphatic heterocycles. The Balaban J connectivity index is 1.40. The molecule has 4 aromatic rings. The Morgan fingerprint density at radius 3 is 2.84 bits per heavy atom. The number of hydrogen-bond acceptors (Lipinski definition) is 6. The van der Waals surface area contributed by atoms with Crippen LogP contribution < -0.4 is 11.1 Å². The van der Waals surface area contributed by atoms with E-state index in [-0.39, 0.29) is 12.1 Å². The minimum Gasteiger partial charge on any atom is -0.375 e. The molecule has 5 rings (SSSR count). The molecule has 2 aromatic carbocycles. The van der Waals surface area contributed by atoms with Gasteiger partial charge in [0.25, 0.3) is 0 Å². The standard InChI is InChI=1S/C23H21N5O2S/c1-14-7-8-16(17-9-10-18-21(25-17)31-22(24)26-18)13-19(14)27-23(29)28-20(11-12-30-28)15-5-3-2-4-6-15/h2-10,13,20H,11-12H2,1H3,(H2,24,26)(H,27,29)/t20-/m0/s1. The molecule has 1 atom stereocenters. The zero-order valence-electron chi connectivity index (χ0n) is 16.9. The van der Waals surface area contributed by atoms with Gasteiger partial charge in [0.15, 0.2) is 5.13 Å². The third kappa shape index (κ3) is 3.83. The number of carbonyl (C=O) groups excluding carboxylic acids is 1. The van der Waals surface area contributed by atoms with Gasteiger partial charge in [-0.15, -0.1) is 0 Å². The van der Waals surface area contributed by atoms with Gasteiger partial charge < -0.3 is 11.1 Å². The summed E-state index contributed by atoms with van der Waals surface area (Å²) in [5, 5.41) is 4.94. The molecule has 1 saturated heterocycles. The Bertz CT molecular complexity index is 1260. The number of hydrogen-bond donors (Lipinski definition) is 2. The Labute approximate surface area is 183 Å². The summed E-state index contributed by atoms with van der Waals surface area (Å²) in [7, 11) is 0. The lowest BCUT2D eigenvalue weighted by Gasteiger charge is -2.23.